The minimum absolute atomic E-state index is 0.179. The lowest BCUT2D eigenvalue weighted by atomic mass is 10.2. The largest absolute Gasteiger partial charge is 0.478 e. The molecule has 6 heteroatoms. The number of rotatable bonds is 5. The molecule has 0 fully saturated rings. The molecular formula is C11H12BrNO3S. The molecule has 0 saturated heterocycles. The molecule has 17 heavy (non-hydrogen) atoms. The Morgan fingerprint density at radius 2 is 2.18 bits per heavy atom. The van der Waals surface area contributed by atoms with Gasteiger partial charge in [0.2, 0.25) is 5.91 Å². The van der Waals surface area contributed by atoms with Crippen LogP contribution < -0.4 is 5.73 Å². The van der Waals surface area contributed by atoms with E-state index < -0.39 is 17.1 Å². The summed E-state index contributed by atoms with van der Waals surface area (Å²) in [7, 11) is 0. The third-order valence-electron chi connectivity index (χ3n) is 2.13. The minimum Gasteiger partial charge on any atom is -0.478 e. The molecule has 1 unspecified atom stereocenters. The van der Waals surface area contributed by atoms with E-state index in [-0.39, 0.29) is 5.56 Å². The number of nitrogens with two attached hydrogens (primary N) is 1. The summed E-state index contributed by atoms with van der Waals surface area (Å²) in [4.78, 5) is 22.7. The van der Waals surface area contributed by atoms with Crippen LogP contribution in [-0.2, 0) is 4.79 Å². The highest BCUT2D eigenvalue weighted by Gasteiger charge is 2.19. The van der Waals surface area contributed by atoms with Gasteiger partial charge in [-0.2, -0.15) is 0 Å². The molecule has 1 amide bonds. The Kier molecular flexibility index (Phi) is 5.02. The van der Waals surface area contributed by atoms with Gasteiger partial charge < -0.3 is 10.8 Å². The van der Waals surface area contributed by atoms with Crippen molar-refractivity contribution in [2.45, 2.75) is 23.5 Å². The molecule has 0 saturated carbocycles. The van der Waals surface area contributed by atoms with E-state index in [1.807, 2.05) is 6.92 Å². The Bertz CT molecular complexity index is 450. The monoisotopic (exact) mass is 317 g/mol. The zero-order chi connectivity index (χ0) is 13.0. The maximum Gasteiger partial charge on any atom is 0.336 e. The van der Waals surface area contributed by atoms with Gasteiger partial charge in [0.15, 0.2) is 0 Å². The molecule has 0 radical (unpaired) electrons. The predicted molar refractivity (Wildman–Crippen MR) is 70.2 cm³/mol. The summed E-state index contributed by atoms with van der Waals surface area (Å²) >= 11 is 4.45. The number of hydrogen-bond donors (Lipinski definition) is 2. The zero-order valence-electron chi connectivity index (χ0n) is 9.14. The van der Waals surface area contributed by atoms with Crippen LogP contribution in [0.1, 0.15) is 23.7 Å². The van der Waals surface area contributed by atoms with Gasteiger partial charge in [-0.05, 0) is 24.6 Å². The van der Waals surface area contributed by atoms with Crippen molar-refractivity contribution in [3.8, 4) is 0 Å². The molecular weight excluding hydrogens is 306 g/mol. The van der Waals surface area contributed by atoms with Crippen molar-refractivity contribution in [3.63, 3.8) is 0 Å². The maximum atomic E-state index is 11.1. The number of carbonyl (C=O) groups is 2. The quantitative estimate of drug-likeness (QED) is 0.818. The SMILES string of the molecule is CCC(Sc1cc(Br)ccc1C(=O)O)C(N)=O. The number of carbonyl (C=O) groups excluding carboxylic acids is 1. The van der Waals surface area contributed by atoms with Gasteiger partial charge in [-0.1, -0.05) is 22.9 Å². The van der Waals surface area contributed by atoms with Crippen LogP contribution >= 0.6 is 27.7 Å². The van der Waals surface area contributed by atoms with Gasteiger partial charge in [-0.15, -0.1) is 11.8 Å². The van der Waals surface area contributed by atoms with Gasteiger partial charge >= 0.3 is 5.97 Å². The first kappa shape index (κ1) is 14.1. The summed E-state index contributed by atoms with van der Waals surface area (Å²) in [5.74, 6) is -1.45. The van der Waals surface area contributed by atoms with E-state index in [0.29, 0.717) is 11.3 Å². The standard InChI is InChI=1S/C11H12BrNO3S/c1-2-8(10(13)14)17-9-5-6(12)3-4-7(9)11(15)16/h3-5,8H,2H2,1H3,(H2,13,14)(H,15,16). The van der Waals surface area contributed by atoms with Gasteiger partial charge in [-0.25, -0.2) is 4.79 Å². The van der Waals surface area contributed by atoms with Crippen molar-refractivity contribution in [2.24, 2.45) is 5.73 Å². The van der Waals surface area contributed by atoms with Crippen LogP contribution in [0.2, 0.25) is 0 Å². The second kappa shape index (κ2) is 6.07. The van der Waals surface area contributed by atoms with Gasteiger partial charge in [0.25, 0.3) is 0 Å². The summed E-state index contributed by atoms with van der Waals surface area (Å²) in [6, 6.07) is 4.83. The molecule has 1 rings (SSSR count). The number of carboxylic acid groups (broad SMARTS) is 1. The van der Waals surface area contributed by atoms with Crippen LogP contribution in [0.3, 0.4) is 0 Å². The Hall–Kier alpha value is -1.01. The average molecular weight is 318 g/mol. The lowest BCUT2D eigenvalue weighted by Gasteiger charge is -2.12. The molecule has 0 bridgehead atoms. The van der Waals surface area contributed by atoms with Gasteiger partial charge in [0.05, 0.1) is 10.8 Å². The van der Waals surface area contributed by atoms with E-state index in [9.17, 15) is 9.59 Å². The summed E-state index contributed by atoms with van der Waals surface area (Å²) in [6.45, 7) is 1.83. The Labute approximate surface area is 112 Å². The summed E-state index contributed by atoms with van der Waals surface area (Å²) in [5.41, 5.74) is 5.42. The van der Waals surface area contributed by atoms with E-state index in [1.165, 1.54) is 17.8 Å². The fourth-order valence-corrected chi connectivity index (χ4v) is 2.85. The molecule has 0 aromatic heterocycles. The second-order valence-electron chi connectivity index (χ2n) is 3.36. The number of benzene rings is 1. The smallest absolute Gasteiger partial charge is 0.336 e. The van der Waals surface area contributed by atoms with Crippen LogP contribution in [0.15, 0.2) is 27.6 Å². The normalized spacial score (nSPS) is 12.1. The van der Waals surface area contributed by atoms with Gasteiger partial charge in [0, 0.05) is 9.37 Å². The molecule has 92 valence electrons. The molecule has 4 nitrogen and oxygen atoms in total. The molecule has 0 spiro atoms. The van der Waals surface area contributed by atoms with Gasteiger partial charge in [-0.3, -0.25) is 4.79 Å². The minimum atomic E-state index is -1.01. The number of halogens is 1. The van der Waals surface area contributed by atoms with E-state index in [1.54, 1.807) is 12.1 Å². The third kappa shape index (κ3) is 3.74. The summed E-state index contributed by atoms with van der Waals surface area (Å²) in [6.07, 6.45) is 0.561. The highest BCUT2D eigenvalue weighted by Crippen LogP contribution is 2.31. The second-order valence-corrected chi connectivity index (χ2v) is 5.52. The summed E-state index contributed by atoms with van der Waals surface area (Å²) < 4.78 is 0.768. The number of primary amides is 1. The third-order valence-corrected chi connectivity index (χ3v) is 4.07. The van der Waals surface area contributed by atoms with Crippen molar-refractivity contribution in [2.75, 3.05) is 0 Å². The van der Waals surface area contributed by atoms with Crippen molar-refractivity contribution in [1.82, 2.24) is 0 Å². The molecule has 1 aromatic carbocycles. The van der Waals surface area contributed by atoms with Crippen molar-refractivity contribution >= 4 is 39.6 Å². The molecule has 0 heterocycles. The highest BCUT2D eigenvalue weighted by molar-refractivity contribution is 9.10. The first-order chi connectivity index (χ1) is 7.95. The van der Waals surface area contributed by atoms with E-state index in [4.69, 9.17) is 10.8 Å². The molecule has 1 atom stereocenters. The number of amides is 1. The maximum absolute atomic E-state index is 11.1. The van der Waals surface area contributed by atoms with Crippen molar-refractivity contribution in [1.29, 1.82) is 0 Å². The predicted octanol–water partition coefficient (Wildman–Crippen LogP) is 2.50. The van der Waals surface area contributed by atoms with Crippen LogP contribution in [-0.4, -0.2) is 22.2 Å². The number of hydrogen-bond acceptors (Lipinski definition) is 3. The Morgan fingerprint density at radius 3 is 2.65 bits per heavy atom. The van der Waals surface area contributed by atoms with E-state index in [2.05, 4.69) is 15.9 Å². The average Bonchev–Trinajstić information content (AvgIpc) is 2.25. The number of aromatic carboxylic acids is 1. The lowest BCUT2D eigenvalue weighted by molar-refractivity contribution is -0.117. The zero-order valence-corrected chi connectivity index (χ0v) is 11.5. The van der Waals surface area contributed by atoms with Crippen LogP contribution in [0.5, 0.6) is 0 Å². The highest BCUT2D eigenvalue weighted by atomic mass is 79.9. The fourth-order valence-electron chi connectivity index (χ4n) is 1.27. The number of thioether (sulfide) groups is 1. The van der Waals surface area contributed by atoms with Crippen LogP contribution in [0.4, 0.5) is 0 Å². The van der Waals surface area contributed by atoms with Crippen LogP contribution in [0, 0.1) is 0 Å². The van der Waals surface area contributed by atoms with Crippen molar-refractivity contribution < 1.29 is 14.7 Å². The molecule has 3 N–H and O–H groups in total. The van der Waals surface area contributed by atoms with Crippen molar-refractivity contribution in [3.05, 3.63) is 28.2 Å². The Balaban J connectivity index is 3.07. The molecule has 1 aromatic rings. The Morgan fingerprint density at radius 1 is 1.53 bits per heavy atom. The molecule has 0 aliphatic carbocycles. The van der Waals surface area contributed by atoms with Crippen LogP contribution in [0.25, 0.3) is 0 Å². The molecule has 0 aliphatic rings. The first-order valence-electron chi connectivity index (χ1n) is 4.94. The van der Waals surface area contributed by atoms with Gasteiger partial charge in [0.1, 0.15) is 0 Å². The lowest BCUT2D eigenvalue weighted by Crippen LogP contribution is -2.25. The molecule has 0 aliphatic heterocycles. The first-order valence-corrected chi connectivity index (χ1v) is 6.61. The number of carboxylic acids is 1. The topological polar surface area (TPSA) is 80.4 Å². The van der Waals surface area contributed by atoms with E-state index >= 15 is 0 Å². The fraction of sp³-hybridized carbons (Fsp3) is 0.273. The van der Waals surface area contributed by atoms with E-state index in [0.717, 1.165) is 4.47 Å². The summed E-state index contributed by atoms with van der Waals surface area (Å²) in [5, 5.41) is 8.62.